The summed E-state index contributed by atoms with van der Waals surface area (Å²) in [7, 11) is 1.60. The SMILES string of the molecule is COc1cccc(NC(=O)CCNCc2ccccn2)c1. The van der Waals surface area contributed by atoms with Crippen LogP contribution in [0.2, 0.25) is 0 Å². The minimum absolute atomic E-state index is 0.0308. The van der Waals surface area contributed by atoms with Crippen molar-refractivity contribution in [2.45, 2.75) is 13.0 Å². The predicted molar refractivity (Wildman–Crippen MR) is 82.2 cm³/mol. The zero-order valence-corrected chi connectivity index (χ0v) is 12.0. The number of ether oxygens (including phenoxy) is 1. The van der Waals surface area contributed by atoms with E-state index in [1.165, 1.54) is 0 Å². The Balaban J connectivity index is 1.70. The number of benzene rings is 1. The molecule has 0 aliphatic heterocycles. The van der Waals surface area contributed by atoms with Gasteiger partial charge < -0.3 is 15.4 Å². The summed E-state index contributed by atoms with van der Waals surface area (Å²) in [5.74, 6) is 0.692. The van der Waals surface area contributed by atoms with Crippen molar-refractivity contribution in [2.24, 2.45) is 0 Å². The summed E-state index contributed by atoms with van der Waals surface area (Å²) >= 11 is 0. The number of aromatic nitrogens is 1. The highest BCUT2D eigenvalue weighted by Gasteiger charge is 2.03. The summed E-state index contributed by atoms with van der Waals surface area (Å²) in [6.45, 7) is 1.26. The van der Waals surface area contributed by atoms with E-state index in [9.17, 15) is 4.79 Å². The van der Waals surface area contributed by atoms with Gasteiger partial charge in [-0.2, -0.15) is 0 Å². The highest BCUT2D eigenvalue weighted by molar-refractivity contribution is 5.90. The normalized spacial score (nSPS) is 10.1. The van der Waals surface area contributed by atoms with Crippen LogP contribution in [0, 0.1) is 0 Å². The van der Waals surface area contributed by atoms with E-state index in [2.05, 4.69) is 15.6 Å². The molecule has 21 heavy (non-hydrogen) atoms. The molecule has 5 nitrogen and oxygen atoms in total. The number of hydrogen-bond donors (Lipinski definition) is 2. The number of carbonyl (C=O) groups excluding carboxylic acids is 1. The number of methoxy groups -OCH3 is 1. The maximum atomic E-state index is 11.8. The Kier molecular flexibility index (Phi) is 5.72. The van der Waals surface area contributed by atoms with Crippen LogP contribution in [-0.2, 0) is 11.3 Å². The van der Waals surface area contributed by atoms with Crippen molar-refractivity contribution < 1.29 is 9.53 Å². The number of carbonyl (C=O) groups is 1. The molecule has 0 spiro atoms. The number of anilines is 1. The second-order valence-corrected chi connectivity index (χ2v) is 4.53. The molecule has 0 saturated carbocycles. The maximum Gasteiger partial charge on any atom is 0.225 e. The molecule has 110 valence electrons. The Morgan fingerprint density at radius 2 is 2.14 bits per heavy atom. The largest absolute Gasteiger partial charge is 0.497 e. The topological polar surface area (TPSA) is 63.2 Å². The number of hydrogen-bond acceptors (Lipinski definition) is 4. The number of nitrogens with zero attached hydrogens (tertiary/aromatic N) is 1. The van der Waals surface area contributed by atoms with Crippen LogP contribution < -0.4 is 15.4 Å². The first kappa shape index (κ1) is 15.0. The van der Waals surface area contributed by atoms with E-state index in [0.717, 1.165) is 17.1 Å². The Morgan fingerprint density at radius 3 is 2.90 bits per heavy atom. The smallest absolute Gasteiger partial charge is 0.225 e. The van der Waals surface area contributed by atoms with Gasteiger partial charge in [-0.25, -0.2) is 0 Å². The van der Waals surface area contributed by atoms with Gasteiger partial charge in [-0.1, -0.05) is 12.1 Å². The van der Waals surface area contributed by atoms with Gasteiger partial charge in [-0.3, -0.25) is 9.78 Å². The lowest BCUT2D eigenvalue weighted by atomic mass is 10.3. The van der Waals surface area contributed by atoms with Gasteiger partial charge in [0.25, 0.3) is 0 Å². The van der Waals surface area contributed by atoms with Crippen molar-refractivity contribution in [1.29, 1.82) is 0 Å². The fourth-order valence-electron chi connectivity index (χ4n) is 1.85. The summed E-state index contributed by atoms with van der Waals surface area (Å²) in [6, 6.07) is 13.1. The molecule has 0 aliphatic carbocycles. The highest BCUT2D eigenvalue weighted by Crippen LogP contribution is 2.16. The molecule has 2 aromatic rings. The second kappa shape index (κ2) is 8.01. The lowest BCUT2D eigenvalue weighted by Crippen LogP contribution is -2.21. The summed E-state index contributed by atoms with van der Waals surface area (Å²) in [5.41, 5.74) is 1.70. The van der Waals surface area contributed by atoms with Crippen LogP contribution in [0.15, 0.2) is 48.7 Å². The Labute approximate surface area is 124 Å². The van der Waals surface area contributed by atoms with Gasteiger partial charge in [0.2, 0.25) is 5.91 Å². The second-order valence-electron chi connectivity index (χ2n) is 4.53. The minimum Gasteiger partial charge on any atom is -0.497 e. The van der Waals surface area contributed by atoms with E-state index in [4.69, 9.17) is 4.74 Å². The van der Waals surface area contributed by atoms with Crippen LogP contribution >= 0.6 is 0 Å². The predicted octanol–water partition coefficient (Wildman–Crippen LogP) is 2.21. The van der Waals surface area contributed by atoms with Crippen LogP contribution in [0.25, 0.3) is 0 Å². The van der Waals surface area contributed by atoms with Crippen LogP contribution in [0.4, 0.5) is 5.69 Å². The van der Waals surface area contributed by atoms with Crippen LogP contribution in [0.1, 0.15) is 12.1 Å². The first-order valence-electron chi connectivity index (χ1n) is 6.82. The van der Waals surface area contributed by atoms with Crippen molar-refractivity contribution >= 4 is 11.6 Å². The fraction of sp³-hybridized carbons (Fsp3) is 0.250. The lowest BCUT2D eigenvalue weighted by molar-refractivity contribution is -0.116. The van der Waals surface area contributed by atoms with Gasteiger partial charge in [-0.05, 0) is 24.3 Å². The van der Waals surface area contributed by atoms with Gasteiger partial charge in [-0.15, -0.1) is 0 Å². The van der Waals surface area contributed by atoms with E-state index in [0.29, 0.717) is 19.5 Å². The number of rotatable bonds is 7. The third-order valence-corrected chi connectivity index (χ3v) is 2.91. The van der Waals surface area contributed by atoms with E-state index in [1.807, 2.05) is 36.4 Å². The monoisotopic (exact) mass is 285 g/mol. The molecule has 0 atom stereocenters. The first-order valence-corrected chi connectivity index (χ1v) is 6.82. The lowest BCUT2D eigenvalue weighted by Gasteiger charge is -2.07. The van der Waals surface area contributed by atoms with Crippen molar-refractivity contribution in [3.63, 3.8) is 0 Å². The molecule has 0 radical (unpaired) electrons. The average molecular weight is 285 g/mol. The zero-order valence-electron chi connectivity index (χ0n) is 12.0. The van der Waals surface area contributed by atoms with E-state index in [1.54, 1.807) is 19.4 Å². The molecule has 1 aromatic carbocycles. The molecule has 1 amide bonds. The molecule has 0 saturated heterocycles. The van der Waals surface area contributed by atoms with E-state index >= 15 is 0 Å². The highest BCUT2D eigenvalue weighted by atomic mass is 16.5. The van der Waals surface area contributed by atoms with Crippen LogP contribution in [0.3, 0.4) is 0 Å². The molecule has 0 unspecified atom stereocenters. The molecule has 0 aliphatic rings. The molecule has 0 bridgehead atoms. The molecule has 0 fully saturated rings. The molecule has 2 N–H and O–H groups in total. The number of pyridine rings is 1. The Morgan fingerprint density at radius 1 is 1.24 bits per heavy atom. The van der Waals surface area contributed by atoms with Crippen LogP contribution in [-0.4, -0.2) is 24.5 Å². The third-order valence-electron chi connectivity index (χ3n) is 2.91. The van der Waals surface area contributed by atoms with Crippen molar-refractivity contribution in [3.05, 3.63) is 54.4 Å². The molecule has 5 heteroatoms. The van der Waals surface area contributed by atoms with E-state index < -0.39 is 0 Å². The maximum absolute atomic E-state index is 11.8. The summed E-state index contributed by atoms with van der Waals surface area (Å²) in [4.78, 5) is 16.0. The van der Waals surface area contributed by atoms with Crippen molar-refractivity contribution in [1.82, 2.24) is 10.3 Å². The average Bonchev–Trinajstić information content (AvgIpc) is 2.53. The van der Waals surface area contributed by atoms with Gasteiger partial charge in [0, 0.05) is 37.5 Å². The standard InChI is InChI=1S/C16H19N3O2/c1-21-15-7-4-6-13(11-15)19-16(20)8-10-17-12-14-5-2-3-9-18-14/h2-7,9,11,17H,8,10,12H2,1H3,(H,19,20). The number of nitrogens with one attached hydrogen (secondary N) is 2. The van der Waals surface area contributed by atoms with Gasteiger partial charge >= 0.3 is 0 Å². The Hall–Kier alpha value is -2.40. The van der Waals surface area contributed by atoms with Gasteiger partial charge in [0.15, 0.2) is 0 Å². The Bertz CT molecular complexity index is 573. The zero-order chi connectivity index (χ0) is 14.9. The quantitative estimate of drug-likeness (QED) is 0.766. The van der Waals surface area contributed by atoms with Gasteiger partial charge in [0.05, 0.1) is 12.8 Å². The van der Waals surface area contributed by atoms with E-state index in [-0.39, 0.29) is 5.91 Å². The molecule has 2 rings (SSSR count). The molecule has 1 heterocycles. The molecular weight excluding hydrogens is 266 g/mol. The molecular formula is C16H19N3O2. The third kappa shape index (κ3) is 5.24. The van der Waals surface area contributed by atoms with Crippen LogP contribution in [0.5, 0.6) is 5.75 Å². The van der Waals surface area contributed by atoms with Gasteiger partial charge in [0.1, 0.15) is 5.75 Å². The minimum atomic E-state index is -0.0308. The molecule has 1 aromatic heterocycles. The first-order chi connectivity index (χ1) is 10.3. The fourth-order valence-corrected chi connectivity index (χ4v) is 1.85. The number of amides is 1. The van der Waals surface area contributed by atoms with Crippen molar-refractivity contribution in [3.8, 4) is 5.75 Å². The van der Waals surface area contributed by atoms with Crippen molar-refractivity contribution in [2.75, 3.05) is 19.0 Å². The summed E-state index contributed by atoms with van der Waals surface area (Å²) in [5, 5.41) is 6.03. The summed E-state index contributed by atoms with van der Waals surface area (Å²) in [6.07, 6.45) is 2.16. The summed E-state index contributed by atoms with van der Waals surface area (Å²) < 4.78 is 5.11.